The van der Waals surface area contributed by atoms with E-state index in [2.05, 4.69) is 23.6 Å². The smallest absolute Gasteiger partial charge is 0.338 e. The molecule has 108 valence electrons. The molecule has 0 aliphatic heterocycles. The molecule has 0 fully saturated rings. The molecule has 1 rings (SSSR count). The summed E-state index contributed by atoms with van der Waals surface area (Å²) in [5.74, 6) is -0.303. The fraction of sp³-hybridized carbons (Fsp3) is 0.462. The highest BCUT2D eigenvalue weighted by Crippen LogP contribution is 2.11. The molecule has 0 aliphatic carbocycles. The van der Waals surface area contributed by atoms with Gasteiger partial charge in [-0.1, -0.05) is 13.8 Å². The summed E-state index contributed by atoms with van der Waals surface area (Å²) in [4.78, 5) is 16.4. The molecule has 0 saturated carbocycles. The number of esters is 1. The zero-order chi connectivity index (χ0) is 13.4. The molecular formula is C13H21ClN2O3. The fourth-order valence-corrected chi connectivity index (χ4v) is 1.69. The van der Waals surface area contributed by atoms with Crippen molar-refractivity contribution in [2.45, 2.75) is 13.8 Å². The average molecular weight is 289 g/mol. The summed E-state index contributed by atoms with van der Waals surface area (Å²) < 4.78 is 5.20. The number of benzene rings is 1. The molecule has 0 bridgehead atoms. The molecule has 0 saturated heterocycles. The van der Waals surface area contributed by atoms with E-state index in [1.165, 1.54) is 0 Å². The Bertz CT molecular complexity index is 367. The molecule has 1 aromatic rings. The molecule has 5 nitrogen and oxygen atoms in total. The van der Waals surface area contributed by atoms with Gasteiger partial charge in [-0.05, 0) is 37.4 Å². The van der Waals surface area contributed by atoms with E-state index < -0.39 is 0 Å². The van der Waals surface area contributed by atoms with Crippen LogP contribution < -0.4 is 4.84 Å². The average Bonchev–Trinajstić information content (AvgIpc) is 2.43. The molecule has 0 unspecified atom stereocenters. The number of ether oxygens (including phenoxy) is 1. The molecule has 0 aromatic heterocycles. The number of hydrogen-bond acceptors (Lipinski definition) is 4. The quantitative estimate of drug-likeness (QED) is 0.614. The zero-order valence-corrected chi connectivity index (χ0v) is 12.0. The highest BCUT2D eigenvalue weighted by atomic mass is 35.5. The van der Waals surface area contributed by atoms with Crippen LogP contribution in [0.3, 0.4) is 0 Å². The van der Waals surface area contributed by atoms with E-state index in [1.54, 1.807) is 24.3 Å². The van der Waals surface area contributed by atoms with Gasteiger partial charge in [-0.25, -0.2) is 4.79 Å². The van der Waals surface area contributed by atoms with E-state index in [0.717, 1.165) is 25.3 Å². The second-order valence-electron chi connectivity index (χ2n) is 3.83. The van der Waals surface area contributed by atoms with Crippen molar-refractivity contribution in [3.05, 3.63) is 29.8 Å². The first kappa shape index (κ1) is 17.7. The maximum absolute atomic E-state index is 11.7. The third-order valence-electron chi connectivity index (χ3n) is 2.76. The Hall–Kier alpha value is -1.30. The topological polar surface area (TPSA) is 73.1 Å². The van der Waals surface area contributed by atoms with Crippen LogP contribution in [0.15, 0.2) is 24.3 Å². The summed E-state index contributed by atoms with van der Waals surface area (Å²) in [7, 11) is 0. The van der Waals surface area contributed by atoms with Crippen LogP contribution in [0.25, 0.3) is 0 Å². The third-order valence-corrected chi connectivity index (χ3v) is 2.98. The molecule has 0 spiro atoms. The normalized spacial score (nSPS) is 9.89. The number of hydrogen-bond donors (Lipinski definition) is 1. The minimum Gasteiger partial charge on any atom is -0.461 e. The number of anilines is 1. The van der Waals surface area contributed by atoms with Crippen LogP contribution in [-0.2, 0) is 4.74 Å². The second kappa shape index (κ2) is 9.61. The number of rotatable bonds is 7. The van der Waals surface area contributed by atoms with Crippen molar-refractivity contribution < 1.29 is 15.0 Å². The van der Waals surface area contributed by atoms with Gasteiger partial charge < -0.3 is 15.1 Å². The van der Waals surface area contributed by atoms with Crippen LogP contribution in [0.5, 0.6) is 0 Å². The van der Waals surface area contributed by atoms with Crippen LogP contribution in [0.2, 0.25) is 0 Å². The second-order valence-corrected chi connectivity index (χ2v) is 4.02. The maximum Gasteiger partial charge on any atom is 0.338 e. The Kier molecular flexibility index (Phi) is 8.95. The van der Waals surface area contributed by atoms with Gasteiger partial charge in [0.25, 0.3) is 0 Å². The Morgan fingerprint density at radius 2 is 1.84 bits per heavy atom. The minimum absolute atomic E-state index is 0. The van der Waals surface area contributed by atoms with Gasteiger partial charge in [-0.2, -0.15) is 0 Å². The van der Waals surface area contributed by atoms with Gasteiger partial charge in [0.1, 0.15) is 6.61 Å². The first-order valence-corrected chi connectivity index (χ1v) is 6.45. The number of nitrogens with one attached hydrogen (secondary N) is 1. The van der Waals surface area contributed by atoms with Crippen LogP contribution in [-0.4, -0.2) is 42.6 Å². The molecule has 0 heterocycles. The molecule has 19 heavy (non-hydrogen) atoms. The van der Waals surface area contributed by atoms with Gasteiger partial charge in [-0.3, -0.25) is 4.84 Å². The SMILES string of the molecule is CCN(CC)CCOC(=O)c1ccc(NCl)cc1.O. The lowest BCUT2D eigenvalue weighted by atomic mass is 10.2. The van der Waals surface area contributed by atoms with Crippen molar-refractivity contribution in [3.63, 3.8) is 0 Å². The van der Waals surface area contributed by atoms with Gasteiger partial charge in [0.2, 0.25) is 0 Å². The summed E-state index contributed by atoms with van der Waals surface area (Å²) in [5.41, 5.74) is 1.28. The van der Waals surface area contributed by atoms with Crippen molar-refractivity contribution in [1.82, 2.24) is 4.90 Å². The van der Waals surface area contributed by atoms with E-state index in [9.17, 15) is 4.79 Å². The lowest BCUT2D eigenvalue weighted by molar-refractivity contribution is 0.0466. The molecule has 0 amide bonds. The Labute approximate surface area is 118 Å². The Morgan fingerprint density at radius 3 is 2.32 bits per heavy atom. The first-order chi connectivity index (χ1) is 8.71. The summed E-state index contributed by atoms with van der Waals surface area (Å²) in [5, 5.41) is 0. The Balaban J connectivity index is 0.00000324. The Morgan fingerprint density at radius 1 is 1.26 bits per heavy atom. The van der Waals surface area contributed by atoms with Gasteiger partial charge in [0, 0.05) is 24.0 Å². The van der Waals surface area contributed by atoms with Crippen molar-refractivity contribution in [1.29, 1.82) is 0 Å². The number of nitrogens with zero attached hydrogens (tertiary/aromatic N) is 1. The molecule has 1 aromatic carbocycles. The largest absolute Gasteiger partial charge is 0.461 e. The predicted octanol–water partition coefficient (Wildman–Crippen LogP) is 1.93. The van der Waals surface area contributed by atoms with Crippen LogP contribution in [0.1, 0.15) is 24.2 Å². The van der Waals surface area contributed by atoms with Crippen molar-refractivity contribution in [2.24, 2.45) is 0 Å². The summed E-state index contributed by atoms with van der Waals surface area (Å²) in [6, 6.07) is 6.83. The highest BCUT2D eigenvalue weighted by molar-refractivity contribution is 6.23. The van der Waals surface area contributed by atoms with Gasteiger partial charge >= 0.3 is 5.97 Å². The molecule has 0 aliphatic rings. The van der Waals surface area contributed by atoms with Crippen LogP contribution in [0.4, 0.5) is 5.69 Å². The standard InChI is InChI=1S/C13H19ClN2O2.H2O/c1-3-16(4-2)9-10-18-13(17)11-5-7-12(15-14)8-6-11;/h5-8,15H,3-4,9-10H2,1-2H3;1H2. The molecule has 3 N–H and O–H groups in total. The minimum atomic E-state index is -0.303. The molecule has 0 atom stereocenters. The summed E-state index contributed by atoms with van der Waals surface area (Å²) in [6.45, 7) is 7.27. The van der Waals surface area contributed by atoms with E-state index >= 15 is 0 Å². The van der Waals surface area contributed by atoms with E-state index in [0.29, 0.717) is 12.2 Å². The number of carbonyl (C=O) groups is 1. The van der Waals surface area contributed by atoms with E-state index in [4.69, 9.17) is 16.5 Å². The monoisotopic (exact) mass is 288 g/mol. The third kappa shape index (κ3) is 5.92. The van der Waals surface area contributed by atoms with E-state index in [-0.39, 0.29) is 11.4 Å². The first-order valence-electron chi connectivity index (χ1n) is 6.07. The van der Waals surface area contributed by atoms with E-state index in [1.807, 2.05) is 0 Å². The van der Waals surface area contributed by atoms with Crippen molar-refractivity contribution in [3.8, 4) is 0 Å². The van der Waals surface area contributed by atoms with Gasteiger partial charge in [0.05, 0.1) is 5.56 Å². The van der Waals surface area contributed by atoms with Crippen molar-refractivity contribution in [2.75, 3.05) is 31.1 Å². The van der Waals surface area contributed by atoms with Crippen LogP contribution >= 0.6 is 11.8 Å². The maximum atomic E-state index is 11.7. The lowest BCUT2D eigenvalue weighted by Crippen LogP contribution is -2.27. The molecule has 0 radical (unpaired) electrons. The molecular weight excluding hydrogens is 268 g/mol. The number of halogens is 1. The van der Waals surface area contributed by atoms with Gasteiger partial charge in [-0.15, -0.1) is 0 Å². The lowest BCUT2D eigenvalue weighted by Gasteiger charge is -2.17. The predicted molar refractivity (Wildman–Crippen MR) is 77.6 cm³/mol. The van der Waals surface area contributed by atoms with Gasteiger partial charge in [0.15, 0.2) is 0 Å². The number of carbonyl (C=O) groups excluding carboxylic acids is 1. The zero-order valence-electron chi connectivity index (χ0n) is 11.3. The van der Waals surface area contributed by atoms with Crippen LogP contribution in [0, 0.1) is 0 Å². The number of likely N-dealkylation sites (N-methyl/N-ethyl adjacent to an activating group) is 1. The molecule has 6 heteroatoms. The highest BCUT2D eigenvalue weighted by Gasteiger charge is 2.07. The summed E-state index contributed by atoms with van der Waals surface area (Å²) >= 11 is 5.44. The van der Waals surface area contributed by atoms with Crippen molar-refractivity contribution >= 4 is 23.4 Å². The fourth-order valence-electron chi connectivity index (χ4n) is 1.56. The summed E-state index contributed by atoms with van der Waals surface area (Å²) in [6.07, 6.45) is 0.